The Balaban J connectivity index is 1.53. The van der Waals surface area contributed by atoms with E-state index in [1.807, 2.05) is 18.7 Å². The number of nitrogens with one attached hydrogen (secondary N) is 2. The Kier molecular flexibility index (Phi) is 6.71. The number of aryl methyl sites for hydroxylation is 2. The quantitative estimate of drug-likeness (QED) is 0.562. The van der Waals surface area contributed by atoms with E-state index in [0.29, 0.717) is 6.54 Å². The zero-order valence-corrected chi connectivity index (χ0v) is 17.7. The predicted octanol–water partition coefficient (Wildman–Crippen LogP) is 2.39. The van der Waals surface area contributed by atoms with E-state index in [1.165, 1.54) is 29.2 Å². The van der Waals surface area contributed by atoms with Gasteiger partial charge in [-0.05, 0) is 33.6 Å². The van der Waals surface area contributed by atoms with Crippen molar-refractivity contribution in [3.63, 3.8) is 0 Å². The fourth-order valence-corrected chi connectivity index (χ4v) is 4.23. The Morgan fingerprint density at radius 2 is 2.04 bits per heavy atom. The SMILES string of the molecule is CCNC(=NCc1c(C)nn(C)c1C)NCCc1csc(N2CCCC2)n1. The van der Waals surface area contributed by atoms with Crippen LogP contribution in [0.15, 0.2) is 10.4 Å². The minimum absolute atomic E-state index is 0.636. The first-order valence-corrected chi connectivity index (χ1v) is 10.7. The fourth-order valence-electron chi connectivity index (χ4n) is 3.32. The van der Waals surface area contributed by atoms with Crippen molar-refractivity contribution in [3.05, 3.63) is 28.0 Å². The van der Waals surface area contributed by atoms with Gasteiger partial charge in [0, 0.05) is 56.3 Å². The largest absolute Gasteiger partial charge is 0.357 e. The Bertz CT molecular complexity index is 771. The molecule has 0 spiro atoms. The Labute approximate surface area is 165 Å². The molecule has 2 aromatic heterocycles. The maximum absolute atomic E-state index is 4.79. The van der Waals surface area contributed by atoms with Gasteiger partial charge in [-0.3, -0.25) is 4.68 Å². The molecule has 3 rings (SSSR count). The first-order valence-electron chi connectivity index (χ1n) is 9.79. The summed E-state index contributed by atoms with van der Waals surface area (Å²) in [5.41, 5.74) is 4.57. The van der Waals surface area contributed by atoms with Crippen LogP contribution in [0.1, 0.15) is 42.4 Å². The summed E-state index contributed by atoms with van der Waals surface area (Å²) in [6.07, 6.45) is 3.48. The number of guanidine groups is 1. The third kappa shape index (κ3) is 5.00. The van der Waals surface area contributed by atoms with Gasteiger partial charge in [0.2, 0.25) is 0 Å². The molecule has 1 aliphatic heterocycles. The monoisotopic (exact) mass is 389 g/mol. The molecule has 0 saturated carbocycles. The highest BCUT2D eigenvalue weighted by molar-refractivity contribution is 7.13. The summed E-state index contributed by atoms with van der Waals surface area (Å²) >= 11 is 1.76. The average molecular weight is 390 g/mol. The van der Waals surface area contributed by atoms with E-state index in [2.05, 4.69) is 39.9 Å². The molecule has 0 bridgehead atoms. The number of thiazole rings is 1. The van der Waals surface area contributed by atoms with Crippen molar-refractivity contribution in [2.75, 3.05) is 31.1 Å². The van der Waals surface area contributed by atoms with Crippen molar-refractivity contribution in [3.8, 4) is 0 Å². The molecular weight excluding hydrogens is 358 g/mol. The zero-order valence-electron chi connectivity index (χ0n) is 16.9. The summed E-state index contributed by atoms with van der Waals surface area (Å²) in [4.78, 5) is 11.9. The molecule has 0 aliphatic carbocycles. The molecule has 0 unspecified atom stereocenters. The molecule has 148 valence electrons. The molecule has 3 heterocycles. The highest BCUT2D eigenvalue weighted by Crippen LogP contribution is 2.24. The number of hydrogen-bond donors (Lipinski definition) is 2. The van der Waals surface area contributed by atoms with E-state index < -0.39 is 0 Å². The average Bonchev–Trinajstić information content (AvgIpc) is 3.36. The number of anilines is 1. The highest BCUT2D eigenvalue weighted by Gasteiger charge is 2.15. The molecule has 1 fully saturated rings. The van der Waals surface area contributed by atoms with E-state index >= 15 is 0 Å². The van der Waals surface area contributed by atoms with E-state index in [0.717, 1.165) is 49.9 Å². The predicted molar refractivity (Wildman–Crippen MR) is 113 cm³/mol. The Morgan fingerprint density at radius 3 is 2.70 bits per heavy atom. The summed E-state index contributed by atoms with van der Waals surface area (Å²) in [5, 5.41) is 14.6. The molecule has 7 nitrogen and oxygen atoms in total. The topological polar surface area (TPSA) is 70.4 Å². The lowest BCUT2D eigenvalue weighted by Gasteiger charge is -2.12. The normalized spacial score (nSPS) is 14.8. The van der Waals surface area contributed by atoms with E-state index in [9.17, 15) is 0 Å². The van der Waals surface area contributed by atoms with Crippen LogP contribution in [0.25, 0.3) is 0 Å². The van der Waals surface area contributed by atoms with Crippen molar-refractivity contribution < 1.29 is 0 Å². The molecule has 0 amide bonds. The van der Waals surface area contributed by atoms with Crippen molar-refractivity contribution in [1.29, 1.82) is 0 Å². The van der Waals surface area contributed by atoms with Gasteiger partial charge in [-0.15, -0.1) is 11.3 Å². The van der Waals surface area contributed by atoms with Gasteiger partial charge in [0.15, 0.2) is 11.1 Å². The van der Waals surface area contributed by atoms with Crippen LogP contribution in [0.4, 0.5) is 5.13 Å². The molecule has 1 aliphatic rings. The minimum atomic E-state index is 0.636. The number of aromatic nitrogens is 3. The van der Waals surface area contributed by atoms with Gasteiger partial charge in [0.1, 0.15) is 0 Å². The lowest BCUT2D eigenvalue weighted by atomic mass is 10.2. The molecule has 0 radical (unpaired) electrons. The first-order chi connectivity index (χ1) is 13.1. The van der Waals surface area contributed by atoms with Crippen LogP contribution >= 0.6 is 11.3 Å². The second-order valence-corrected chi connectivity index (χ2v) is 7.80. The second kappa shape index (κ2) is 9.21. The lowest BCUT2D eigenvalue weighted by molar-refractivity contribution is 0.729. The van der Waals surface area contributed by atoms with Crippen LogP contribution < -0.4 is 15.5 Å². The summed E-state index contributed by atoms with van der Waals surface area (Å²) in [6.45, 7) is 10.8. The van der Waals surface area contributed by atoms with Crippen LogP contribution in [-0.4, -0.2) is 46.9 Å². The van der Waals surface area contributed by atoms with Crippen LogP contribution in [0.2, 0.25) is 0 Å². The Hall–Kier alpha value is -2.09. The summed E-state index contributed by atoms with van der Waals surface area (Å²) in [7, 11) is 1.98. The first kappa shape index (κ1) is 19.7. The maximum atomic E-state index is 4.79. The third-order valence-electron chi connectivity index (χ3n) is 4.99. The summed E-state index contributed by atoms with van der Waals surface area (Å²) in [6, 6.07) is 0. The number of hydrogen-bond acceptors (Lipinski definition) is 5. The number of nitrogens with zero attached hydrogens (tertiary/aromatic N) is 5. The highest BCUT2D eigenvalue weighted by atomic mass is 32.1. The van der Waals surface area contributed by atoms with E-state index in [-0.39, 0.29) is 0 Å². The second-order valence-electron chi connectivity index (χ2n) is 6.96. The standard InChI is InChI=1S/C19H31N7S/c1-5-20-18(22-12-17-14(2)24-25(4)15(17)3)21-9-8-16-13-27-19(23-16)26-10-6-7-11-26/h13H,5-12H2,1-4H3,(H2,20,21,22). The molecular formula is C19H31N7S. The minimum Gasteiger partial charge on any atom is -0.357 e. The van der Waals surface area contributed by atoms with Gasteiger partial charge in [-0.1, -0.05) is 0 Å². The summed E-state index contributed by atoms with van der Waals surface area (Å²) in [5.74, 6) is 0.843. The van der Waals surface area contributed by atoms with Crippen LogP contribution in [0.5, 0.6) is 0 Å². The van der Waals surface area contributed by atoms with Gasteiger partial charge in [0.05, 0.1) is 17.9 Å². The van der Waals surface area contributed by atoms with Gasteiger partial charge >= 0.3 is 0 Å². The number of aliphatic imine (C=N–C) groups is 1. The molecule has 0 atom stereocenters. The Morgan fingerprint density at radius 1 is 1.26 bits per heavy atom. The smallest absolute Gasteiger partial charge is 0.191 e. The van der Waals surface area contributed by atoms with Crippen molar-refractivity contribution in [1.82, 2.24) is 25.4 Å². The summed E-state index contributed by atoms with van der Waals surface area (Å²) < 4.78 is 1.92. The van der Waals surface area contributed by atoms with Crippen molar-refractivity contribution in [2.24, 2.45) is 12.0 Å². The van der Waals surface area contributed by atoms with Crippen LogP contribution in [0, 0.1) is 13.8 Å². The number of rotatable bonds is 7. The van der Waals surface area contributed by atoms with Crippen molar-refractivity contribution >= 4 is 22.4 Å². The van der Waals surface area contributed by atoms with Crippen LogP contribution in [-0.2, 0) is 20.0 Å². The van der Waals surface area contributed by atoms with E-state index in [4.69, 9.17) is 9.98 Å². The third-order valence-corrected chi connectivity index (χ3v) is 5.94. The zero-order chi connectivity index (χ0) is 19.2. The van der Waals surface area contributed by atoms with Gasteiger partial charge < -0.3 is 15.5 Å². The molecule has 2 N–H and O–H groups in total. The molecule has 27 heavy (non-hydrogen) atoms. The van der Waals surface area contributed by atoms with Crippen molar-refractivity contribution in [2.45, 2.75) is 46.6 Å². The maximum Gasteiger partial charge on any atom is 0.191 e. The molecule has 2 aromatic rings. The van der Waals surface area contributed by atoms with Gasteiger partial charge in [0.25, 0.3) is 0 Å². The molecule has 8 heteroatoms. The van der Waals surface area contributed by atoms with Crippen LogP contribution in [0.3, 0.4) is 0 Å². The molecule has 0 aromatic carbocycles. The lowest BCUT2D eigenvalue weighted by Crippen LogP contribution is -2.38. The molecule has 1 saturated heterocycles. The fraction of sp³-hybridized carbons (Fsp3) is 0.632. The van der Waals surface area contributed by atoms with Gasteiger partial charge in [-0.25, -0.2) is 9.98 Å². The van der Waals surface area contributed by atoms with E-state index in [1.54, 1.807) is 11.3 Å². The van der Waals surface area contributed by atoms with Gasteiger partial charge in [-0.2, -0.15) is 5.10 Å².